The molecular formula is C18H16ClNO3S2. The number of carbonyl (C=O) groups excluding carboxylic acids is 2. The zero-order chi connectivity index (χ0) is 18.1. The van der Waals surface area contributed by atoms with Crippen LogP contribution < -0.4 is 9.64 Å². The second kappa shape index (κ2) is 7.23. The summed E-state index contributed by atoms with van der Waals surface area (Å²) in [6, 6.07) is 8.61. The first kappa shape index (κ1) is 18.0. The maximum absolute atomic E-state index is 13.0. The van der Waals surface area contributed by atoms with Gasteiger partial charge in [-0.05, 0) is 29.6 Å². The van der Waals surface area contributed by atoms with Crippen molar-refractivity contribution >= 4 is 57.8 Å². The van der Waals surface area contributed by atoms with Crippen LogP contribution in [-0.4, -0.2) is 24.2 Å². The summed E-state index contributed by atoms with van der Waals surface area (Å²) in [5.41, 5.74) is 0.903. The predicted octanol–water partition coefficient (Wildman–Crippen LogP) is 4.84. The molecule has 2 heterocycles. The molecule has 0 bridgehead atoms. The zero-order valence-corrected chi connectivity index (χ0v) is 16.3. The number of ether oxygens (including phenoxy) is 1. The van der Waals surface area contributed by atoms with Crippen molar-refractivity contribution in [2.24, 2.45) is 0 Å². The van der Waals surface area contributed by atoms with Gasteiger partial charge >= 0.3 is 0 Å². The van der Waals surface area contributed by atoms with Gasteiger partial charge in [0.1, 0.15) is 5.75 Å². The lowest BCUT2D eigenvalue weighted by Gasteiger charge is -2.16. The Balaban J connectivity index is 2.06. The molecule has 0 N–H and O–H groups in total. The van der Waals surface area contributed by atoms with Gasteiger partial charge in [-0.3, -0.25) is 9.59 Å². The van der Waals surface area contributed by atoms with Gasteiger partial charge in [0.25, 0.3) is 11.8 Å². The first-order valence-corrected chi connectivity index (χ1v) is 9.75. The van der Waals surface area contributed by atoms with Crippen molar-refractivity contribution in [3.8, 4) is 5.75 Å². The molecule has 0 saturated carbocycles. The molecule has 0 radical (unpaired) electrons. The van der Waals surface area contributed by atoms with Gasteiger partial charge in [0.2, 0.25) is 0 Å². The summed E-state index contributed by atoms with van der Waals surface area (Å²) in [7, 11) is 1.51. The van der Waals surface area contributed by atoms with Gasteiger partial charge < -0.3 is 4.74 Å². The van der Waals surface area contributed by atoms with Crippen LogP contribution in [-0.2, 0) is 9.59 Å². The van der Waals surface area contributed by atoms with Crippen molar-refractivity contribution in [1.29, 1.82) is 0 Å². The fourth-order valence-corrected chi connectivity index (χ4v) is 4.58. The third-order valence-electron chi connectivity index (χ3n) is 3.56. The summed E-state index contributed by atoms with van der Waals surface area (Å²) in [6.07, 6.45) is 0. The highest BCUT2D eigenvalue weighted by Crippen LogP contribution is 2.42. The van der Waals surface area contributed by atoms with Gasteiger partial charge in [-0.15, -0.1) is 23.1 Å². The van der Waals surface area contributed by atoms with Crippen LogP contribution in [0.1, 0.15) is 18.7 Å². The van der Waals surface area contributed by atoms with E-state index in [2.05, 4.69) is 0 Å². The summed E-state index contributed by atoms with van der Waals surface area (Å²) in [5.74, 6) is -0.141. The Morgan fingerprint density at radius 2 is 1.96 bits per heavy atom. The Bertz CT molecular complexity index is 859. The summed E-state index contributed by atoms with van der Waals surface area (Å²) >= 11 is 9.02. The smallest absolute Gasteiger partial charge is 0.272 e. The number of benzene rings is 1. The van der Waals surface area contributed by atoms with Crippen LogP contribution in [0, 0.1) is 0 Å². The molecule has 0 fully saturated rings. The van der Waals surface area contributed by atoms with E-state index in [1.807, 2.05) is 31.4 Å². The average molecular weight is 394 g/mol. The quantitative estimate of drug-likeness (QED) is 0.682. The highest BCUT2D eigenvalue weighted by Gasteiger charge is 2.41. The molecular weight excluding hydrogens is 378 g/mol. The van der Waals surface area contributed by atoms with Gasteiger partial charge in [-0.2, -0.15) is 0 Å². The molecule has 0 spiro atoms. The number of hydrogen-bond acceptors (Lipinski definition) is 5. The summed E-state index contributed by atoms with van der Waals surface area (Å²) in [5, 5.41) is 2.43. The lowest BCUT2D eigenvalue weighted by atomic mass is 10.2. The topological polar surface area (TPSA) is 46.6 Å². The number of nitrogens with zero attached hydrogens (tertiary/aromatic N) is 1. The van der Waals surface area contributed by atoms with E-state index in [1.165, 1.54) is 35.1 Å². The van der Waals surface area contributed by atoms with E-state index in [0.717, 1.165) is 4.88 Å². The maximum Gasteiger partial charge on any atom is 0.272 e. The van der Waals surface area contributed by atoms with Crippen molar-refractivity contribution in [1.82, 2.24) is 0 Å². The normalized spacial score (nSPS) is 14.8. The van der Waals surface area contributed by atoms with E-state index in [-0.39, 0.29) is 17.1 Å². The van der Waals surface area contributed by atoms with Crippen LogP contribution in [0.4, 0.5) is 5.69 Å². The minimum absolute atomic E-state index is 0.182. The molecule has 4 nitrogen and oxygen atoms in total. The first-order chi connectivity index (χ1) is 11.9. The number of thioether (sulfide) groups is 1. The molecule has 1 aromatic carbocycles. The molecule has 0 saturated heterocycles. The number of thiophene rings is 1. The molecule has 3 rings (SSSR count). The fourth-order valence-electron chi connectivity index (χ4n) is 2.52. The minimum Gasteiger partial charge on any atom is -0.495 e. The van der Waals surface area contributed by atoms with E-state index < -0.39 is 0 Å². The SMILES string of the molecule is COc1ccc(N2C(=O)C(SC(C)C)=C(c3cccs3)C2=O)cc1Cl. The van der Waals surface area contributed by atoms with Crippen LogP contribution in [0.3, 0.4) is 0 Å². The van der Waals surface area contributed by atoms with Crippen LogP contribution in [0.15, 0.2) is 40.6 Å². The number of rotatable bonds is 5. The van der Waals surface area contributed by atoms with Crippen LogP contribution >= 0.6 is 34.7 Å². The molecule has 7 heteroatoms. The number of carbonyl (C=O) groups is 2. The van der Waals surface area contributed by atoms with Crippen molar-refractivity contribution in [3.63, 3.8) is 0 Å². The third kappa shape index (κ3) is 3.34. The van der Waals surface area contributed by atoms with E-state index in [4.69, 9.17) is 16.3 Å². The lowest BCUT2D eigenvalue weighted by molar-refractivity contribution is -0.119. The third-order valence-corrected chi connectivity index (χ3v) is 5.82. The van der Waals surface area contributed by atoms with E-state index in [0.29, 0.717) is 26.9 Å². The molecule has 2 amide bonds. The summed E-state index contributed by atoms with van der Waals surface area (Å²) < 4.78 is 5.14. The molecule has 130 valence electrons. The van der Waals surface area contributed by atoms with E-state index in [1.54, 1.807) is 18.2 Å². The Morgan fingerprint density at radius 1 is 1.20 bits per heavy atom. The van der Waals surface area contributed by atoms with Crippen molar-refractivity contribution in [2.75, 3.05) is 12.0 Å². The summed E-state index contributed by atoms with van der Waals surface area (Å²) in [6.45, 7) is 3.99. The lowest BCUT2D eigenvalue weighted by Crippen LogP contribution is -2.31. The van der Waals surface area contributed by atoms with Crippen LogP contribution in [0.2, 0.25) is 5.02 Å². The van der Waals surface area contributed by atoms with Crippen LogP contribution in [0.5, 0.6) is 5.75 Å². The molecule has 25 heavy (non-hydrogen) atoms. The standard InChI is InChI=1S/C18H16ClNO3S2/c1-10(2)25-16-15(14-5-4-8-24-14)17(21)20(18(16)22)11-6-7-13(23-3)12(19)9-11/h4-10H,1-3H3. The molecule has 0 unspecified atom stereocenters. The predicted molar refractivity (Wildman–Crippen MR) is 104 cm³/mol. The first-order valence-electron chi connectivity index (χ1n) is 7.61. The number of amides is 2. The Hall–Kier alpha value is -1.76. The molecule has 1 aliphatic heterocycles. The van der Waals surface area contributed by atoms with Gasteiger partial charge in [0.15, 0.2) is 0 Å². The molecule has 0 aliphatic carbocycles. The number of halogens is 1. The molecule has 0 atom stereocenters. The van der Waals surface area contributed by atoms with Crippen LogP contribution in [0.25, 0.3) is 5.57 Å². The largest absolute Gasteiger partial charge is 0.495 e. The van der Waals surface area contributed by atoms with Gasteiger partial charge in [-0.25, -0.2) is 4.90 Å². The molecule has 1 aliphatic rings. The number of anilines is 1. The Kier molecular flexibility index (Phi) is 5.22. The highest BCUT2D eigenvalue weighted by molar-refractivity contribution is 8.04. The van der Waals surface area contributed by atoms with Gasteiger partial charge in [0.05, 0.1) is 28.3 Å². The Labute approximate surface area is 159 Å². The molecule has 1 aromatic heterocycles. The van der Waals surface area contributed by atoms with Crippen molar-refractivity contribution < 1.29 is 14.3 Å². The molecule has 2 aromatic rings. The minimum atomic E-state index is -0.322. The van der Waals surface area contributed by atoms with Crippen molar-refractivity contribution in [3.05, 3.63) is 50.5 Å². The van der Waals surface area contributed by atoms with Crippen molar-refractivity contribution in [2.45, 2.75) is 19.1 Å². The average Bonchev–Trinajstić information content (AvgIpc) is 3.15. The second-order valence-electron chi connectivity index (χ2n) is 5.61. The zero-order valence-electron chi connectivity index (χ0n) is 13.9. The monoisotopic (exact) mass is 393 g/mol. The number of hydrogen-bond donors (Lipinski definition) is 0. The van der Waals surface area contributed by atoms with Gasteiger partial charge in [-0.1, -0.05) is 31.5 Å². The number of imide groups is 1. The fraction of sp³-hybridized carbons (Fsp3) is 0.222. The van der Waals surface area contributed by atoms with E-state index in [9.17, 15) is 9.59 Å². The summed E-state index contributed by atoms with van der Waals surface area (Å²) in [4.78, 5) is 28.5. The van der Waals surface area contributed by atoms with E-state index >= 15 is 0 Å². The Morgan fingerprint density at radius 3 is 2.52 bits per heavy atom. The number of methoxy groups -OCH3 is 1. The highest BCUT2D eigenvalue weighted by atomic mass is 35.5. The maximum atomic E-state index is 13.0. The van der Waals surface area contributed by atoms with Gasteiger partial charge in [0, 0.05) is 10.1 Å². The second-order valence-corrected chi connectivity index (χ2v) is 8.55.